The van der Waals surface area contributed by atoms with Gasteiger partial charge >= 0.3 is 0 Å². The average Bonchev–Trinajstić information content (AvgIpc) is 3.51. The first kappa shape index (κ1) is 20.9. The van der Waals surface area contributed by atoms with Crippen LogP contribution in [0.3, 0.4) is 0 Å². The first-order valence-electron chi connectivity index (χ1n) is 11.2. The maximum absolute atomic E-state index is 5.83. The fourth-order valence-electron chi connectivity index (χ4n) is 4.26. The van der Waals surface area contributed by atoms with E-state index >= 15 is 0 Å². The molecule has 0 saturated carbocycles. The van der Waals surface area contributed by atoms with E-state index in [4.69, 9.17) is 9.72 Å². The summed E-state index contributed by atoms with van der Waals surface area (Å²) >= 11 is 0. The van der Waals surface area contributed by atoms with Gasteiger partial charge in [0.1, 0.15) is 11.6 Å². The lowest BCUT2D eigenvalue weighted by atomic mass is 9.97. The van der Waals surface area contributed by atoms with Crippen LogP contribution in [0, 0.1) is 0 Å². The first-order chi connectivity index (χ1) is 16.3. The number of fused-ring (bicyclic) bond motifs is 1. The van der Waals surface area contributed by atoms with Crippen LogP contribution in [0.1, 0.15) is 31.2 Å². The van der Waals surface area contributed by atoms with Crippen LogP contribution in [-0.2, 0) is 13.0 Å². The molecule has 0 aliphatic heterocycles. The Balaban J connectivity index is 1.54. The number of unbranched alkanes of at least 4 members (excludes halogenated alkanes) is 1. The molecule has 2 aromatic heterocycles. The molecule has 5 rings (SSSR count). The number of tetrazole rings is 1. The summed E-state index contributed by atoms with van der Waals surface area (Å²) in [5, 5.41) is 14.6. The Morgan fingerprint density at radius 1 is 0.939 bits per heavy atom. The molecule has 0 spiro atoms. The van der Waals surface area contributed by atoms with Crippen LogP contribution in [0.2, 0.25) is 0 Å². The standard InChI is InChI=1S/C26H26N6O/c1-3-4-13-25-27-22-11-7-8-12-23(22)32(25)17-18-14-15-20(24(16-18)33-2)19-9-5-6-10-21(19)26-28-30-31-29-26/h5-12,14-16H,3-4,13,17H2,1-2H3,(H,28,29,30,31). The molecule has 0 bridgehead atoms. The summed E-state index contributed by atoms with van der Waals surface area (Å²) in [6.07, 6.45) is 3.24. The van der Waals surface area contributed by atoms with Crippen molar-refractivity contribution >= 4 is 11.0 Å². The molecule has 3 aromatic carbocycles. The lowest BCUT2D eigenvalue weighted by Gasteiger charge is -2.15. The number of hydrogen-bond acceptors (Lipinski definition) is 5. The van der Waals surface area contributed by atoms with Crippen molar-refractivity contribution in [3.63, 3.8) is 0 Å². The lowest BCUT2D eigenvalue weighted by molar-refractivity contribution is 0.416. The Hall–Kier alpha value is -4.00. The van der Waals surface area contributed by atoms with Crippen molar-refractivity contribution < 1.29 is 4.74 Å². The van der Waals surface area contributed by atoms with E-state index in [1.54, 1.807) is 7.11 Å². The van der Waals surface area contributed by atoms with Gasteiger partial charge in [0, 0.05) is 24.1 Å². The van der Waals surface area contributed by atoms with Gasteiger partial charge in [-0.2, -0.15) is 5.21 Å². The predicted octanol–water partition coefficient (Wildman–Crippen LogP) is 5.28. The molecule has 0 radical (unpaired) electrons. The van der Waals surface area contributed by atoms with Gasteiger partial charge in [-0.05, 0) is 41.0 Å². The van der Waals surface area contributed by atoms with Crippen molar-refractivity contribution in [2.75, 3.05) is 7.11 Å². The number of imidazole rings is 1. The van der Waals surface area contributed by atoms with Gasteiger partial charge in [0.25, 0.3) is 0 Å². The second-order valence-electron chi connectivity index (χ2n) is 8.02. The number of benzene rings is 3. The number of nitrogens with one attached hydrogen (secondary N) is 1. The van der Waals surface area contributed by atoms with Crippen LogP contribution >= 0.6 is 0 Å². The summed E-state index contributed by atoms with van der Waals surface area (Å²) in [6, 6.07) is 22.7. The third-order valence-corrected chi connectivity index (χ3v) is 5.90. The smallest absolute Gasteiger partial charge is 0.205 e. The van der Waals surface area contributed by atoms with Crippen LogP contribution in [0.25, 0.3) is 33.5 Å². The Labute approximate surface area is 192 Å². The Bertz CT molecular complexity index is 1370. The number of rotatable bonds is 8. The van der Waals surface area contributed by atoms with E-state index < -0.39 is 0 Å². The zero-order valence-electron chi connectivity index (χ0n) is 18.8. The number of H-pyrrole nitrogens is 1. The van der Waals surface area contributed by atoms with Gasteiger partial charge in [0.15, 0.2) is 0 Å². The summed E-state index contributed by atoms with van der Waals surface area (Å²) in [5.74, 6) is 2.49. The highest BCUT2D eigenvalue weighted by atomic mass is 16.5. The van der Waals surface area contributed by atoms with Gasteiger partial charge < -0.3 is 9.30 Å². The molecule has 5 aromatic rings. The zero-order valence-corrected chi connectivity index (χ0v) is 18.8. The third-order valence-electron chi connectivity index (χ3n) is 5.90. The van der Waals surface area contributed by atoms with Gasteiger partial charge in [0.2, 0.25) is 5.82 Å². The van der Waals surface area contributed by atoms with Crippen molar-refractivity contribution in [1.29, 1.82) is 0 Å². The van der Waals surface area contributed by atoms with Crippen LogP contribution in [0.4, 0.5) is 0 Å². The van der Waals surface area contributed by atoms with E-state index in [1.807, 2.05) is 24.3 Å². The van der Waals surface area contributed by atoms with Gasteiger partial charge in [-0.15, -0.1) is 10.2 Å². The van der Waals surface area contributed by atoms with Gasteiger partial charge in [0.05, 0.1) is 18.1 Å². The highest BCUT2D eigenvalue weighted by Gasteiger charge is 2.16. The average molecular weight is 439 g/mol. The fourth-order valence-corrected chi connectivity index (χ4v) is 4.26. The third kappa shape index (κ3) is 4.09. The van der Waals surface area contributed by atoms with E-state index in [-0.39, 0.29) is 0 Å². The number of methoxy groups -OCH3 is 1. The van der Waals surface area contributed by atoms with E-state index in [2.05, 4.69) is 74.6 Å². The number of para-hydroxylation sites is 2. The lowest BCUT2D eigenvalue weighted by Crippen LogP contribution is -2.06. The monoisotopic (exact) mass is 438 g/mol. The normalized spacial score (nSPS) is 11.2. The molecular weight excluding hydrogens is 412 g/mol. The highest BCUT2D eigenvalue weighted by molar-refractivity contribution is 5.83. The Morgan fingerprint density at radius 2 is 1.76 bits per heavy atom. The van der Waals surface area contributed by atoms with Crippen molar-refractivity contribution in [2.45, 2.75) is 32.7 Å². The largest absolute Gasteiger partial charge is 0.496 e. The molecule has 0 fully saturated rings. The van der Waals surface area contributed by atoms with E-state index in [0.717, 1.165) is 70.7 Å². The van der Waals surface area contributed by atoms with Crippen LogP contribution < -0.4 is 4.74 Å². The van der Waals surface area contributed by atoms with E-state index in [9.17, 15) is 0 Å². The number of nitrogens with zero attached hydrogens (tertiary/aromatic N) is 5. The topological polar surface area (TPSA) is 81.5 Å². The molecular formula is C26H26N6O. The number of aromatic amines is 1. The van der Waals surface area contributed by atoms with Crippen LogP contribution in [0.5, 0.6) is 5.75 Å². The maximum Gasteiger partial charge on any atom is 0.205 e. The predicted molar refractivity (Wildman–Crippen MR) is 129 cm³/mol. The molecule has 166 valence electrons. The van der Waals surface area contributed by atoms with Crippen LogP contribution in [-0.4, -0.2) is 37.3 Å². The molecule has 0 saturated heterocycles. The molecule has 0 atom stereocenters. The maximum atomic E-state index is 5.83. The summed E-state index contributed by atoms with van der Waals surface area (Å²) in [6.45, 7) is 2.95. The van der Waals surface area contributed by atoms with Crippen molar-refractivity contribution in [2.24, 2.45) is 0 Å². The minimum atomic E-state index is 0.558. The Morgan fingerprint density at radius 3 is 2.55 bits per heavy atom. The summed E-state index contributed by atoms with van der Waals surface area (Å²) in [4.78, 5) is 4.90. The molecule has 0 aliphatic carbocycles. The molecule has 1 N–H and O–H groups in total. The molecule has 0 aliphatic rings. The molecule has 7 heteroatoms. The highest BCUT2D eigenvalue weighted by Crippen LogP contribution is 2.36. The SMILES string of the molecule is CCCCc1nc2ccccc2n1Cc1ccc(-c2ccccc2-c2nn[nH]n2)c(OC)c1. The number of aromatic nitrogens is 6. The van der Waals surface area contributed by atoms with Gasteiger partial charge in [-0.3, -0.25) is 0 Å². The molecule has 0 amide bonds. The summed E-state index contributed by atoms with van der Waals surface area (Å²) in [7, 11) is 1.71. The fraction of sp³-hybridized carbons (Fsp3) is 0.231. The summed E-state index contributed by atoms with van der Waals surface area (Å²) in [5.41, 5.74) is 6.26. The summed E-state index contributed by atoms with van der Waals surface area (Å²) < 4.78 is 8.15. The number of hydrogen-bond donors (Lipinski definition) is 1. The first-order valence-corrected chi connectivity index (χ1v) is 11.2. The quantitative estimate of drug-likeness (QED) is 0.356. The second kappa shape index (κ2) is 9.24. The molecule has 33 heavy (non-hydrogen) atoms. The van der Waals surface area contributed by atoms with Crippen molar-refractivity contribution in [1.82, 2.24) is 30.2 Å². The zero-order chi connectivity index (χ0) is 22.6. The van der Waals surface area contributed by atoms with Gasteiger partial charge in [-0.1, -0.05) is 61.9 Å². The molecule has 0 unspecified atom stereocenters. The number of ether oxygens (including phenoxy) is 1. The second-order valence-corrected chi connectivity index (χ2v) is 8.02. The molecule has 7 nitrogen and oxygen atoms in total. The van der Waals surface area contributed by atoms with Crippen molar-refractivity contribution in [3.8, 4) is 28.3 Å². The Kier molecular flexibility index (Phi) is 5.85. The van der Waals surface area contributed by atoms with E-state index in [1.165, 1.54) is 0 Å². The minimum Gasteiger partial charge on any atom is -0.496 e. The van der Waals surface area contributed by atoms with Crippen molar-refractivity contribution in [3.05, 3.63) is 78.1 Å². The molecule has 2 heterocycles. The number of aryl methyl sites for hydroxylation is 1. The van der Waals surface area contributed by atoms with E-state index in [0.29, 0.717) is 5.82 Å². The van der Waals surface area contributed by atoms with Gasteiger partial charge in [-0.25, -0.2) is 4.98 Å². The van der Waals surface area contributed by atoms with Crippen LogP contribution in [0.15, 0.2) is 66.7 Å². The minimum absolute atomic E-state index is 0.558.